The summed E-state index contributed by atoms with van der Waals surface area (Å²) in [6.45, 7) is 3.68. The number of hydrogen-bond donors (Lipinski definition) is 0. The van der Waals surface area contributed by atoms with E-state index in [4.69, 9.17) is 0 Å². The van der Waals surface area contributed by atoms with Crippen LogP contribution in [0.2, 0.25) is 0 Å². The van der Waals surface area contributed by atoms with Crippen molar-refractivity contribution in [1.29, 1.82) is 0 Å². The number of carbonyl (C=O) groups excluding carboxylic acids is 1. The molecular formula is C18H18O. The predicted octanol–water partition coefficient (Wildman–Crippen LogP) is 4.89. The maximum atomic E-state index is 12.3. The van der Waals surface area contributed by atoms with Gasteiger partial charge in [-0.05, 0) is 24.0 Å². The van der Waals surface area contributed by atoms with Gasteiger partial charge in [0, 0.05) is 12.0 Å². The molecule has 0 unspecified atom stereocenters. The van der Waals surface area contributed by atoms with E-state index in [9.17, 15) is 4.79 Å². The van der Waals surface area contributed by atoms with Gasteiger partial charge in [0.05, 0.1) is 0 Å². The van der Waals surface area contributed by atoms with Gasteiger partial charge in [-0.25, -0.2) is 0 Å². The van der Waals surface area contributed by atoms with E-state index >= 15 is 0 Å². The highest BCUT2D eigenvalue weighted by Gasteiger charge is 2.11. The first-order valence-electron chi connectivity index (χ1n) is 6.61. The van der Waals surface area contributed by atoms with Gasteiger partial charge in [-0.3, -0.25) is 4.79 Å². The fourth-order valence-electron chi connectivity index (χ4n) is 2.14. The molecule has 0 saturated heterocycles. The van der Waals surface area contributed by atoms with Crippen LogP contribution in [0.4, 0.5) is 0 Å². The fraction of sp³-hybridized carbons (Fsp3) is 0.167. The van der Waals surface area contributed by atoms with Crippen LogP contribution >= 0.6 is 0 Å². The smallest absolute Gasteiger partial charge is 0.163 e. The average molecular weight is 250 g/mol. The van der Waals surface area contributed by atoms with Gasteiger partial charge in [-0.2, -0.15) is 0 Å². The molecule has 0 aliphatic carbocycles. The zero-order valence-electron chi connectivity index (χ0n) is 11.0. The number of unbranched alkanes of at least 4 members (excludes halogenated alkanes) is 1. The summed E-state index contributed by atoms with van der Waals surface area (Å²) in [6, 6.07) is 17.9. The van der Waals surface area contributed by atoms with Gasteiger partial charge >= 0.3 is 0 Å². The zero-order valence-corrected chi connectivity index (χ0v) is 11.0. The molecule has 0 bridgehead atoms. The molecule has 0 aromatic heterocycles. The molecule has 0 aliphatic heterocycles. The highest BCUT2D eigenvalue weighted by Crippen LogP contribution is 2.24. The standard InChI is InChI=1S/C18H18O/c1-2-3-5-14-18(19)17-13-9-8-12-16(17)15-10-6-4-7-11-15/h2,4,6-13H,1,3,5,14H2. The number of ketones is 1. The van der Waals surface area contributed by atoms with Gasteiger partial charge in [0.25, 0.3) is 0 Å². The van der Waals surface area contributed by atoms with Crippen LogP contribution in [0, 0.1) is 0 Å². The average Bonchev–Trinajstić information content (AvgIpc) is 2.48. The molecule has 0 radical (unpaired) electrons. The van der Waals surface area contributed by atoms with Crippen LogP contribution in [0.5, 0.6) is 0 Å². The second-order valence-electron chi connectivity index (χ2n) is 4.52. The Balaban J connectivity index is 2.26. The summed E-state index contributed by atoms with van der Waals surface area (Å²) in [5.41, 5.74) is 2.93. The largest absolute Gasteiger partial charge is 0.294 e. The number of carbonyl (C=O) groups is 1. The van der Waals surface area contributed by atoms with Gasteiger partial charge in [-0.15, -0.1) is 6.58 Å². The van der Waals surface area contributed by atoms with Crippen LogP contribution < -0.4 is 0 Å². The molecule has 19 heavy (non-hydrogen) atoms. The minimum atomic E-state index is 0.210. The topological polar surface area (TPSA) is 17.1 Å². The van der Waals surface area contributed by atoms with Gasteiger partial charge in [-0.1, -0.05) is 60.7 Å². The van der Waals surface area contributed by atoms with Crippen molar-refractivity contribution in [3.63, 3.8) is 0 Å². The van der Waals surface area contributed by atoms with E-state index in [1.54, 1.807) is 0 Å². The Morgan fingerprint density at radius 3 is 2.42 bits per heavy atom. The third-order valence-electron chi connectivity index (χ3n) is 3.12. The molecule has 0 fully saturated rings. The molecule has 0 N–H and O–H groups in total. The first-order valence-corrected chi connectivity index (χ1v) is 6.61. The van der Waals surface area contributed by atoms with Crippen molar-refractivity contribution >= 4 is 5.78 Å². The van der Waals surface area contributed by atoms with Crippen LogP contribution in [-0.2, 0) is 0 Å². The number of hydrogen-bond acceptors (Lipinski definition) is 1. The summed E-state index contributed by atoms with van der Waals surface area (Å²) < 4.78 is 0. The van der Waals surface area contributed by atoms with E-state index in [0.29, 0.717) is 6.42 Å². The molecule has 2 aromatic rings. The maximum Gasteiger partial charge on any atom is 0.163 e. The Hall–Kier alpha value is -2.15. The van der Waals surface area contributed by atoms with Gasteiger partial charge in [0.2, 0.25) is 0 Å². The van der Waals surface area contributed by atoms with E-state index in [-0.39, 0.29) is 5.78 Å². The molecule has 1 heteroatoms. The molecule has 2 aromatic carbocycles. The summed E-state index contributed by atoms with van der Waals surface area (Å²) in [7, 11) is 0. The highest BCUT2D eigenvalue weighted by atomic mass is 16.1. The summed E-state index contributed by atoms with van der Waals surface area (Å²) >= 11 is 0. The Labute approximate surface area is 114 Å². The zero-order chi connectivity index (χ0) is 13.5. The van der Waals surface area contributed by atoms with Crippen molar-refractivity contribution in [2.75, 3.05) is 0 Å². The van der Waals surface area contributed by atoms with Crippen molar-refractivity contribution in [3.8, 4) is 11.1 Å². The summed E-state index contributed by atoms with van der Waals surface area (Å²) in [4.78, 5) is 12.3. The Kier molecular flexibility index (Phi) is 4.68. The normalized spacial score (nSPS) is 10.1. The lowest BCUT2D eigenvalue weighted by molar-refractivity contribution is 0.0981. The van der Waals surface area contributed by atoms with Crippen molar-refractivity contribution < 1.29 is 4.79 Å². The van der Waals surface area contributed by atoms with E-state index in [1.165, 1.54) is 0 Å². The van der Waals surface area contributed by atoms with E-state index in [1.807, 2.05) is 60.7 Å². The second-order valence-corrected chi connectivity index (χ2v) is 4.52. The molecule has 96 valence electrons. The maximum absolute atomic E-state index is 12.3. The van der Waals surface area contributed by atoms with Crippen molar-refractivity contribution in [3.05, 3.63) is 72.8 Å². The van der Waals surface area contributed by atoms with Crippen LogP contribution in [0.15, 0.2) is 67.3 Å². The first-order chi connectivity index (χ1) is 9.33. The lowest BCUT2D eigenvalue weighted by atomic mass is 9.95. The summed E-state index contributed by atoms with van der Waals surface area (Å²) in [6.07, 6.45) is 4.19. The third-order valence-corrected chi connectivity index (χ3v) is 3.12. The van der Waals surface area contributed by atoms with Gasteiger partial charge in [0.15, 0.2) is 5.78 Å². The molecule has 0 aliphatic rings. The Bertz CT molecular complexity index is 555. The van der Waals surface area contributed by atoms with E-state index in [2.05, 4.69) is 6.58 Å². The second kappa shape index (κ2) is 6.69. The summed E-state index contributed by atoms with van der Waals surface area (Å²) in [5, 5.41) is 0. The lowest BCUT2D eigenvalue weighted by Crippen LogP contribution is -2.01. The lowest BCUT2D eigenvalue weighted by Gasteiger charge is -2.08. The van der Waals surface area contributed by atoms with Crippen molar-refractivity contribution in [1.82, 2.24) is 0 Å². The third kappa shape index (κ3) is 3.41. The molecule has 1 nitrogen and oxygen atoms in total. The van der Waals surface area contributed by atoms with Crippen LogP contribution in [-0.4, -0.2) is 5.78 Å². The minimum Gasteiger partial charge on any atom is -0.294 e. The number of allylic oxidation sites excluding steroid dienone is 1. The van der Waals surface area contributed by atoms with Crippen molar-refractivity contribution in [2.24, 2.45) is 0 Å². The quantitative estimate of drug-likeness (QED) is 0.405. The molecule has 0 atom stereocenters. The fourth-order valence-corrected chi connectivity index (χ4v) is 2.14. The molecule has 0 spiro atoms. The van der Waals surface area contributed by atoms with Crippen LogP contribution in [0.25, 0.3) is 11.1 Å². The first kappa shape index (κ1) is 13.3. The number of Topliss-reactive ketones (excluding diaryl/α,β-unsaturated/α-hetero) is 1. The van der Waals surface area contributed by atoms with Crippen molar-refractivity contribution in [2.45, 2.75) is 19.3 Å². The SMILES string of the molecule is C=CCCCC(=O)c1ccccc1-c1ccccc1. The van der Waals surface area contributed by atoms with Gasteiger partial charge < -0.3 is 0 Å². The molecular weight excluding hydrogens is 232 g/mol. The van der Waals surface area contributed by atoms with Gasteiger partial charge in [0.1, 0.15) is 0 Å². The number of rotatable bonds is 6. The number of benzene rings is 2. The predicted molar refractivity (Wildman–Crippen MR) is 80.3 cm³/mol. The van der Waals surface area contributed by atoms with Crippen LogP contribution in [0.1, 0.15) is 29.6 Å². The Morgan fingerprint density at radius 1 is 1.00 bits per heavy atom. The monoisotopic (exact) mass is 250 g/mol. The summed E-state index contributed by atoms with van der Waals surface area (Å²) in [5.74, 6) is 0.210. The van der Waals surface area contributed by atoms with E-state index < -0.39 is 0 Å². The molecule has 0 saturated carbocycles. The Morgan fingerprint density at radius 2 is 1.68 bits per heavy atom. The molecule has 0 amide bonds. The van der Waals surface area contributed by atoms with E-state index in [0.717, 1.165) is 29.5 Å². The molecule has 0 heterocycles. The highest BCUT2D eigenvalue weighted by molar-refractivity contribution is 6.02. The molecule has 2 rings (SSSR count). The van der Waals surface area contributed by atoms with Crippen LogP contribution in [0.3, 0.4) is 0 Å². The minimum absolute atomic E-state index is 0.210.